The van der Waals surface area contributed by atoms with Gasteiger partial charge in [0, 0.05) is 22.9 Å². The van der Waals surface area contributed by atoms with Crippen LogP contribution in [0.15, 0.2) is 147 Å². The van der Waals surface area contributed by atoms with Crippen molar-refractivity contribution < 1.29 is 13.2 Å². The quantitative estimate of drug-likeness (QED) is 0.137. The summed E-state index contributed by atoms with van der Waals surface area (Å²) in [5, 5.41) is 10.9. The summed E-state index contributed by atoms with van der Waals surface area (Å²) < 4.78 is 27.1. The molecule has 6 heterocycles. The lowest BCUT2D eigenvalue weighted by Gasteiger charge is -2.18. The molecule has 0 aliphatic rings. The van der Waals surface area contributed by atoms with Crippen molar-refractivity contribution in [2.75, 3.05) is 11.1 Å². The van der Waals surface area contributed by atoms with Gasteiger partial charge in [-0.1, -0.05) is 78.9 Å². The van der Waals surface area contributed by atoms with E-state index < -0.39 is 5.63 Å². The molecule has 14 nitrogen and oxygen atoms in total. The minimum Gasteiger partial charge on any atom is -0.425 e. The van der Waals surface area contributed by atoms with E-state index in [1.165, 1.54) is 31.1 Å². The molecule has 0 radical (unpaired) electrons. The lowest BCUT2D eigenvalue weighted by molar-refractivity contribution is 0.397. The monoisotopic (exact) mass is 784 g/mol. The summed E-state index contributed by atoms with van der Waals surface area (Å²) in [5.41, 5.74) is 10.3. The van der Waals surface area contributed by atoms with Crippen LogP contribution in [0.4, 0.5) is 16.0 Å². The molecule has 0 aliphatic carbocycles. The highest BCUT2D eigenvalue weighted by molar-refractivity contribution is 5.97. The topological polar surface area (TPSA) is 197 Å². The van der Waals surface area contributed by atoms with E-state index in [0.29, 0.717) is 79.1 Å². The molecule has 10 aromatic rings. The minimum atomic E-state index is -0.452. The molecule has 1 unspecified atom stereocenters. The van der Waals surface area contributed by atoms with Gasteiger partial charge in [0.05, 0.1) is 35.2 Å². The van der Waals surface area contributed by atoms with Crippen LogP contribution >= 0.6 is 0 Å². The number of hydrogen-bond acceptors (Lipinski definition) is 12. The lowest BCUT2D eigenvalue weighted by atomic mass is 9.96. The van der Waals surface area contributed by atoms with Gasteiger partial charge in [-0.2, -0.15) is 5.10 Å². The second-order valence-corrected chi connectivity index (χ2v) is 13.6. The normalized spacial score (nSPS) is 11.8. The zero-order chi connectivity index (χ0) is 40.5. The van der Waals surface area contributed by atoms with Crippen molar-refractivity contribution >= 4 is 55.4 Å². The molecular formula is C44H33FN10O4. The predicted molar refractivity (Wildman–Crippen MR) is 222 cm³/mol. The van der Waals surface area contributed by atoms with Crippen molar-refractivity contribution in [3.05, 3.63) is 178 Å². The van der Waals surface area contributed by atoms with Crippen molar-refractivity contribution in [1.29, 1.82) is 0 Å². The third kappa shape index (κ3) is 7.01. The largest absolute Gasteiger partial charge is 0.425 e. The molecular weight excluding hydrogens is 752 g/mol. The van der Waals surface area contributed by atoms with Gasteiger partial charge >= 0.3 is 11.3 Å². The minimum absolute atomic E-state index is 0.164. The zero-order valence-electron chi connectivity index (χ0n) is 31.3. The van der Waals surface area contributed by atoms with Crippen molar-refractivity contribution in [2.24, 2.45) is 0 Å². The molecule has 59 heavy (non-hydrogen) atoms. The second-order valence-electron chi connectivity index (χ2n) is 13.6. The van der Waals surface area contributed by atoms with Crippen LogP contribution in [-0.4, -0.2) is 39.7 Å². The van der Waals surface area contributed by atoms with Gasteiger partial charge in [0.25, 0.3) is 0 Å². The third-order valence-corrected chi connectivity index (χ3v) is 10.0. The fourth-order valence-electron chi connectivity index (χ4n) is 7.26. The number of rotatable bonds is 8. The lowest BCUT2D eigenvalue weighted by Crippen LogP contribution is -2.16. The Hall–Kier alpha value is -8.07. The molecule has 4 N–H and O–H groups in total. The van der Waals surface area contributed by atoms with Gasteiger partial charge in [0.1, 0.15) is 47.4 Å². The van der Waals surface area contributed by atoms with Gasteiger partial charge in [-0.05, 0) is 47.7 Å². The van der Waals surface area contributed by atoms with Crippen molar-refractivity contribution in [3.8, 4) is 11.1 Å². The number of H-pyrrole nitrogens is 1. The molecule has 4 aromatic carbocycles. The first-order valence-electron chi connectivity index (χ1n) is 18.5. The Morgan fingerprint density at radius 1 is 0.780 bits per heavy atom. The highest BCUT2D eigenvalue weighted by Gasteiger charge is 2.24. The van der Waals surface area contributed by atoms with E-state index >= 15 is 0 Å². The number of fused-ring (bicyclic) bond motifs is 4. The smallest absolute Gasteiger partial charge is 0.343 e. The number of hydrogen-bond donors (Lipinski definition) is 3. The number of nitrogens with two attached hydrogens (primary N) is 1. The molecule has 0 saturated carbocycles. The Labute approximate surface area is 333 Å². The summed E-state index contributed by atoms with van der Waals surface area (Å²) in [6.07, 6.45) is 6.59. The Morgan fingerprint density at radius 3 is 2.29 bits per heavy atom. The predicted octanol–water partition coefficient (Wildman–Crippen LogP) is 7.59. The second kappa shape index (κ2) is 15.5. The van der Waals surface area contributed by atoms with E-state index in [-0.39, 0.29) is 24.0 Å². The zero-order valence-corrected chi connectivity index (χ0v) is 31.3. The first kappa shape index (κ1) is 36.6. The standard InChI is InChI=1S/C23H19N5O2.C21H14FN5O2/c1-14(28-22-19(12-27-28)21(24)25-13-26-22)20-18(11-15-7-3-2-4-8-15)16-9-5-6-10-17(16)23(29)30-20;22-13-5-3-4-12(8-13)17-14-6-1-2-7-15(14)21(28)29-16(17)9-23-19-18-20(25-10-24-18)27-11-26-19/h2-10,12-14H,11H2,1H3,(H2,24,25,26);1-8,10-11H,9H2,(H2,23,24,25,26,27). The number of aromatic nitrogens is 8. The molecule has 6 aromatic heterocycles. The van der Waals surface area contributed by atoms with Gasteiger partial charge < -0.3 is 24.9 Å². The molecule has 10 rings (SSSR count). The van der Waals surface area contributed by atoms with Crippen LogP contribution < -0.4 is 22.3 Å². The molecule has 1 atom stereocenters. The van der Waals surface area contributed by atoms with E-state index in [0.717, 1.165) is 16.5 Å². The summed E-state index contributed by atoms with van der Waals surface area (Å²) in [7, 11) is 0. The summed E-state index contributed by atoms with van der Waals surface area (Å²) in [6.45, 7) is 2.10. The van der Waals surface area contributed by atoms with Gasteiger partial charge in [-0.15, -0.1) is 0 Å². The molecule has 290 valence electrons. The molecule has 0 bridgehead atoms. The van der Waals surface area contributed by atoms with E-state index in [9.17, 15) is 14.0 Å². The van der Waals surface area contributed by atoms with Crippen molar-refractivity contribution in [1.82, 2.24) is 39.7 Å². The van der Waals surface area contributed by atoms with Gasteiger partial charge in [-0.3, -0.25) is 0 Å². The number of imidazole rings is 1. The Kier molecular flexibility index (Phi) is 9.58. The SMILES string of the molecule is CC(c1oc(=O)c2ccccc2c1Cc1ccccc1)n1ncc2c(N)ncnc21.O=c1oc(CNc2ncnc3nc[nH]c23)c(-c2cccc(F)c2)c2ccccc12. The Morgan fingerprint density at radius 2 is 1.49 bits per heavy atom. The van der Waals surface area contributed by atoms with Crippen LogP contribution in [0.5, 0.6) is 0 Å². The maximum Gasteiger partial charge on any atom is 0.343 e. The number of nitrogen functional groups attached to an aromatic ring is 1. The van der Waals surface area contributed by atoms with Crippen LogP contribution in [0.1, 0.15) is 35.6 Å². The van der Waals surface area contributed by atoms with E-state index in [2.05, 4.69) is 52.5 Å². The first-order valence-corrected chi connectivity index (χ1v) is 18.5. The summed E-state index contributed by atoms with van der Waals surface area (Å²) in [4.78, 5) is 49.0. The van der Waals surface area contributed by atoms with Gasteiger partial charge in [0.15, 0.2) is 17.1 Å². The number of aromatic amines is 1. The van der Waals surface area contributed by atoms with E-state index in [1.54, 1.807) is 41.2 Å². The molecule has 0 fully saturated rings. The number of nitrogens with zero attached hydrogens (tertiary/aromatic N) is 7. The van der Waals surface area contributed by atoms with Crippen LogP contribution in [0.3, 0.4) is 0 Å². The third-order valence-electron chi connectivity index (χ3n) is 10.0. The maximum atomic E-state index is 13.9. The number of nitrogens with one attached hydrogen (secondary N) is 2. The highest BCUT2D eigenvalue weighted by Crippen LogP contribution is 2.33. The van der Waals surface area contributed by atoms with Crippen LogP contribution in [0.25, 0.3) is 54.9 Å². The summed E-state index contributed by atoms with van der Waals surface area (Å²) in [6, 6.07) is 30.6. The van der Waals surface area contributed by atoms with E-state index in [4.69, 9.17) is 14.6 Å². The highest BCUT2D eigenvalue weighted by atomic mass is 19.1. The Bertz CT molecular complexity index is 3270. The summed E-state index contributed by atoms with van der Waals surface area (Å²) >= 11 is 0. The number of benzene rings is 4. The first-order chi connectivity index (χ1) is 28.8. The average molecular weight is 785 g/mol. The number of halogens is 1. The van der Waals surface area contributed by atoms with E-state index in [1.807, 2.05) is 55.5 Å². The van der Waals surface area contributed by atoms with Crippen molar-refractivity contribution in [2.45, 2.75) is 25.9 Å². The molecule has 0 aliphatic heterocycles. The summed E-state index contributed by atoms with van der Waals surface area (Å²) in [5.74, 6) is 1.46. The van der Waals surface area contributed by atoms with Gasteiger partial charge in [-0.25, -0.2) is 43.6 Å². The van der Waals surface area contributed by atoms with Crippen LogP contribution in [-0.2, 0) is 13.0 Å². The number of anilines is 2. The fourth-order valence-corrected chi connectivity index (χ4v) is 7.26. The molecule has 0 amide bonds. The molecule has 0 spiro atoms. The van der Waals surface area contributed by atoms with Crippen LogP contribution in [0.2, 0.25) is 0 Å². The van der Waals surface area contributed by atoms with Crippen molar-refractivity contribution in [3.63, 3.8) is 0 Å². The molecule has 15 heteroatoms. The maximum absolute atomic E-state index is 13.9. The average Bonchev–Trinajstić information content (AvgIpc) is 3.93. The van der Waals surface area contributed by atoms with Gasteiger partial charge in [0.2, 0.25) is 0 Å². The van der Waals surface area contributed by atoms with Crippen LogP contribution in [0, 0.1) is 5.82 Å². The molecule has 0 saturated heterocycles. The fraction of sp³-hybridized carbons (Fsp3) is 0.0909. The Balaban J connectivity index is 0.000000152.